The summed E-state index contributed by atoms with van der Waals surface area (Å²) in [5.41, 5.74) is 11.9. The van der Waals surface area contributed by atoms with Crippen LogP contribution >= 0.6 is 12.2 Å². The van der Waals surface area contributed by atoms with E-state index < -0.39 is 0 Å². The SMILES string of the molecule is Cc1cc(NC2CCc3ccccc3C2)ccc1C(N)=S. The van der Waals surface area contributed by atoms with Gasteiger partial charge in [-0.2, -0.15) is 0 Å². The molecule has 1 aliphatic rings. The van der Waals surface area contributed by atoms with Crippen molar-refractivity contribution in [3.63, 3.8) is 0 Å². The number of aryl methyl sites for hydroxylation is 2. The summed E-state index contributed by atoms with van der Waals surface area (Å²) in [5.74, 6) is 0. The number of thiocarbonyl (C=S) groups is 1. The van der Waals surface area contributed by atoms with Crippen LogP contribution in [0.25, 0.3) is 0 Å². The highest BCUT2D eigenvalue weighted by molar-refractivity contribution is 7.80. The third-order valence-corrected chi connectivity index (χ3v) is 4.43. The van der Waals surface area contributed by atoms with E-state index in [0.717, 1.165) is 29.7 Å². The molecule has 0 aromatic heterocycles. The van der Waals surface area contributed by atoms with E-state index in [-0.39, 0.29) is 0 Å². The molecule has 0 amide bonds. The second-order valence-electron chi connectivity index (χ2n) is 5.75. The van der Waals surface area contributed by atoms with Crippen molar-refractivity contribution in [1.29, 1.82) is 0 Å². The Kier molecular flexibility index (Phi) is 3.93. The van der Waals surface area contributed by atoms with Gasteiger partial charge in [0.05, 0.1) is 0 Å². The summed E-state index contributed by atoms with van der Waals surface area (Å²) >= 11 is 5.06. The van der Waals surface area contributed by atoms with Gasteiger partial charge in [-0.3, -0.25) is 0 Å². The van der Waals surface area contributed by atoms with E-state index in [1.165, 1.54) is 17.5 Å². The molecule has 3 N–H and O–H groups in total. The molecule has 0 aliphatic heterocycles. The van der Waals surface area contributed by atoms with E-state index in [0.29, 0.717) is 11.0 Å². The maximum atomic E-state index is 5.71. The molecule has 21 heavy (non-hydrogen) atoms. The van der Waals surface area contributed by atoms with E-state index >= 15 is 0 Å². The Balaban J connectivity index is 1.73. The van der Waals surface area contributed by atoms with Gasteiger partial charge in [0.25, 0.3) is 0 Å². The lowest BCUT2D eigenvalue weighted by Crippen LogP contribution is -2.27. The van der Waals surface area contributed by atoms with Crippen LogP contribution in [0.2, 0.25) is 0 Å². The molecule has 0 radical (unpaired) electrons. The highest BCUT2D eigenvalue weighted by atomic mass is 32.1. The van der Waals surface area contributed by atoms with Crippen LogP contribution in [0.5, 0.6) is 0 Å². The third kappa shape index (κ3) is 3.08. The van der Waals surface area contributed by atoms with Crippen LogP contribution < -0.4 is 11.1 Å². The van der Waals surface area contributed by atoms with Crippen molar-refractivity contribution in [2.75, 3.05) is 5.32 Å². The first-order valence-corrected chi connectivity index (χ1v) is 7.78. The highest BCUT2D eigenvalue weighted by Gasteiger charge is 2.18. The van der Waals surface area contributed by atoms with Gasteiger partial charge in [-0.15, -0.1) is 0 Å². The van der Waals surface area contributed by atoms with Crippen molar-refractivity contribution in [2.24, 2.45) is 5.73 Å². The first-order valence-electron chi connectivity index (χ1n) is 7.37. The van der Waals surface area contributed by atoms with Crippen molar-refractivity contribution in [1.82, 2.24) is 0 Å². The lowest BCUT2D eigenvalue weighted by molar-refractivity contribution is 0.611. The minimum absolute atomic E-state index is 0.464. The number of hydrogen-bond donors (Lipinski definition) is 2. The summed E-state index contributed by atoms with van der Waals surface area (Å²) in [7, 11) is 0. The number of anilines is 1. The van der Waals surface area contributed by atoms with Crippen molar-refractivity contribution in [3.8, 4) is 0 Å². The van der Waals surface area contributed by atoms with E-state index in [1.54, 1.807) is 0 Å². The fourth-order valence-electron chi connectivity index (χ4n) is 3.09. The Hall–Kier alpha value is -1.87. The zero-order valence-corrected chi connectivity index (χ0v) is 13.0. The second-order valence-corrected chi connectivity index (χ2v) is 6.19. The summed E-state index contributed by atoms with van der Waals surface area (Å²) in [4.78, 5) is 0.464. The zero-order valence-electron chi connectivity index (χ0n) is 12.2. The molecule has 0 fully saturated rings. The number of nitrogens with one attached hydrogen (secondary N) is 1. The fourth-order valence-corrected chi connectivity index (χ4v) is 3.32. The molecule has 1 aliphatic carbocycles. The Morgan fingerprint density at radius 3 is 2.67 bits per heavy atom. The van der Waals surface area contributed by atoms with Crippen LogP contribution in [0.1, 0.15) is 28.7 Å². The zero-order chi connectivity index (χ0) is 14.8. The average Bonchev–Trinajstić information content (AvgIpc) is 2.47. The Morgan fingerprint density at radius 1 is 1.19 bits per heavy atom. The Morgan fingerprint density at radius 2 is 1.95 bits per heavy atom. The van der Waals surface area contributed by atoms with Gasteiger partial charge in [0, 0.05) is 17.3 Å². The summed E-state index contributed by atoms with van der Waals surface area (Å²) in [5, 5.41) is 3.64. The van der Waals surface area contributed by atoms with Crippen molar-refractivity contribution < 1.29 is 0 Å². The summed E-state index contributed by atoms with van der Waals surface area (Å²) in [6.45, 7) is 2.05. The highest BCUT2D eigenvalue weighted by Crippen LogP contribution is 2.24. The molecule has 3 rings (SSSR count). The monoisotopic (exact) mass is 296 g/mol. The van der Waals surface area contributed by atoms with Gasteiger partial charge in [0.2, 0.25) is 0 Å². The van der Waals surface area contributed by atoms with Crippen LogP contribution in [0.15, 0.2) is 42.5 Å². The minimum atomic E-state index is 0.464. The van der Waals surface area contributed by atoms with E-state index in [4.69, 9.17) is 18.0 Å². The maximum absolute atomic E-state index is 5.71. The van der Waals surface area contributed by atoms with Crippen LogP contribution in [-0.4, -0.2) is 11.0 Å². The predicted molar refractivity (Wildman–Crippen MR) is 92.9 cm³/mol. The number of rotatable bonds is 3. The van der Waals surface area contributed by atoms with Gasteiger partial charge in [-0.1, -0.05) is 36.5 Å². The van der Waals surface area contributed by atoms with Crippen molar-refractivity contribution in [2.45, 2.75) is 32.2 Å². The average molecular weight is 296 g/mol. The molecule has 2 aromatic carbocycles. The molecule has 0 saturated heterocycles. The van der Waals surface area contributed by atoms with Gasteiger partial charge in [0.1, 0.15) is 4.99 Å². The standard InChI is InChI=1S/C18H20N2S/c1-12-10-15(8-9-17(12)18(19)21)20-16-7-6-13-4-2-3-5-14(13)11-16/h2-5,8-10,16,20H,6-7,11H2,1H3,(H2,19,21). The number of nitrogens with two attached hydrogens (primary N) is 1. The lowest BCUT2D eigenvalue weighted by atomic mass is 9.88. The van der Waals surface area contributed by atoms with Gasteiger partial charge < -0.3 is 11.1 Å². The van der Waals surface area contributed by atoms with E-state index in [1.807, 2.05) is 6.07 Å². The smallest absolute Gasteiger partial charge is 0.104 e. The van der Waals surface area contributed by atoms with Crippen LogP contribution in [0, 0.1) is 6.92 Å². The third-order valence-electron chi connectivity index (χ3n) is 4.21. The topological polar surface area (TPSA) is 38.0 Å². The second kappa shape index (κ2) is 5.86. The first kappa shape index (κ1) is 14.1. The molecule has 1 atom stereocenters. The van der Waals surface area contributed by atoms with Crippen molar-refractivity contribution in [3.05, 3.63) is 64.7 Å². The molecule has 0 bridgehead atoms. The number of benzene rings is 2. The number of hydrogen-bond acceptors (Lipinski definition) is 2. The molecule has 2 aromatic rings. The Labute approximate surface area is 131 Å². The molecule has 0 spiro atoms. The molecule has 108 valence electrons. The molecule has 1 unspecified atom stereocenters. The van der Waals surface area contributed by atoms with Gasteiger partial charge in [0.15, 0.2) is 0 Å². The predicted octanol–water partition coefficient (Wildman–Crippen LogP) is 3.60. The molecular weight excluding hydrogens is 276 g/mol. The van der Waals surface area contributed by atoms with Gasteiger partial charge in [-0.05, 0) is 61.1 Å². The van der Waals surface area contributed by atoms with Gasteiger partial charge >= 0.3 is 0 Å². The summed E-state index contributed by atoms with van der Waals surface area (Å²) < 4.78 is 0. The quantitative estimate of drug-likeness (QED) is 0.850. The van der Waals surface area contributed by atoms with E-state index in [2.05, 4.69) is 48.6 Å². The maximum Gasteiger partial charge on any atom is 0.104 e. The minimum Gasteiger partial charge on any atom is -0.389 e. The molecule has 0 heterocycles. The first-order chi connectivity index (χ1) is 10.1. The fraction of sp³-hybridized carbons (Fsp3) is 0.278. The summed E-state index contributed by atoms with van der Waals surface area (Å²) in [6.07, 6.45) is 3.41. The van der Waals surface area contributed by atoms with Gasteiger partial charge in [-0.25, -0.2) is 0 Å². The normalized spacial score (nSPS) is 17.1. The van der Waals surface area contributed by atoms with E-state index in [9.17, 15) is 0 Å². The molecular formula is C18H20N2S. The molecule has 2 nitrogen and oxygen atoms in total. The summed E-state index contributed by atoms with van der Waals surface area (Å²) in [6, 6.07) is 15.5. The number of fused-ring (bicyclic) bond motifs is 1. The van der Waals surface area contributed by atoms with Crippen LogP contribution in [-0.2, 0) is 12.8 Å². The largest absolute Gasteiger partial charge is 0.389 e. The van der Waals surface area contributed by atoms with Crippen LogP contribution in [0.4, 0.5) is 5.69 Å². The van der Waals surface area contributed by atoms with Crippen molar-refractivity contribution >= 4 is 22.9 Å². The lowest BCUT2D eigenvalue weighted by Gasteiger charge is -2.26. The molecule has 0 saturated carbocycles. The Bertz CT molecular complexity index is 679. The van der Waals surface area contributed by atoms with Crippen LogP contribution in [0.3, 0.4) is 0 Å². The molecule has 3 heteroatoms.